The average molecular weight is 260 g/mol. The van der Waals surface area contributed by atoms with Gasteiger partial charge in [0.25, 0.3) is 0 Å². The topological polar surface area (TPSA) is 46.5 Å². The number of rotatable bonds is 5. The molecule has 0 saturated heterocycles. The third-order valence-electron chi connectivity index (χ3n) is 2.22. The van der Waals surface area contributed by atoms with Crippen molar-refractivity contribution in [2.45, 2.75) is 6.61 Å². The van der Waals surface area contributed by atoms with Crippen LogP contribution in [0.25, 0.3) is 6.08 Å². The van der Waals surface area contributed by atoms with E-state index < -0.39 is 5.97 Å². The fourth-order valence-corrected chi connectivity index (χ4v) is 2.16. The quantitative estimate of drug-likeness (QED) is 0.838. The summed E-state index contributed by atoms with van der Waals surface area (Å²) in [5, 5.41) is 10.4. The van der Waals surface area contributed by atoms with Gasteiger partial charge in [-0.15, -0.1) is 11.3 Å². The third-order valence-corrected chi connectivity index (χ3v) is 3.15. The summed E-state index contributed by atoms with van der Waals surface area (Å²) >= 11 is 1.55. The smallest absolute Gasteiger partial charge is 0.328 e. The van der Waals surface area contributed by atoms with Gasteiger partial charge in [0.1, 0.15) is 12.4 Å². The van der Waals surface area contributed by atoms with Crippen molar-refractivity contribution >= 4 is 23.4 Å². The number of hydrogen-bond acceptors (Lipinski definition) is 3. The highest BCUT2D eigenvalue weighted by Gasteiger charge is 1.99. The van der Waals surface area contributed by atoms with Crippen molar-refractivity contribution < 1.29 is 14.6 Å². The Kier molecular flexibility index (Phi) is 4.15. The van der Waals surface area contributed by atoms with Crippen molar-refractivity contribution in [1.29, 1.82) is 0 Å². The Balaban J connectivity index is 1.93. The van der Waals surface area contributed by atoms with E-state index >= 15 is 0 Å². The predicted molar refractivity (Wildman–Crippen MR) is 71.8 cm³/mol. The summed E-state index contributed by atoms with van der Waals surface area (Å²) in [7, 11) is 0. The van der Waals surface area contributed by atoms with Crippen molar-refractivity contribution in [2.24, 2.45) is 0 Å². The van der Waals surface area contributed by atoms with E-state index in [4.69, 9.17) is 9.84 Å². The second kappa shape index (κ2) is 6.02. The number of ether oxygens (including phenoxy) is 1. The van der Waals surface area contributed by atoms with Crippen LogP contribution in [0.3, 0.4) is 0 Å². The number of hydrogen-bond donors (Lipinski definition) is 1. The summed E-state index contributed by atoms with van der Waals surface area (Å²) in [5.41, 5.74) is 0.883. The minimum absolute atomic E-state index is 0.496. The molecule has 1 aromatic heterocycles. The molecule has 0 bridgehead atoms. The van der Waals surface area contributed by atoms with Crippen molar-refractivity contribution in [3.63, 3.8) is 0 Å². The monoisotopic (exact) mass is 260 g/mol. The van der Waals surface area contributed by atoms with Crippen molar-refractivity contribution in [1.82, 2.24) is 0 Å². The lowest BCUT2D eigenvalue weighted by molar-refractivity contribution is -0.131. The lowest BCUT2D eigenvalue weighted by Crippen LogP contribution is -1.91. The van der Waals surface area contributed by atoms with Gasteiger partial charge in [0, 0.05) is 11.0 Å². The molecule has 92 valence electrons. The number of carbonyl (C=O) groups is 1. The first kappa shape index (κ1) is 12.4. The van der Waals surface area contributed by atoms with Crippen molar-refractivity contribution in [2.75, 3.05) is 0 Å². The summed E-state index contributed by atoms with van der Waals surface area (Å²) in [6.45, 7) is 0.496. The number of carboxylic acid groups (broad SMARTS) is 1. The molecule has 0 saturated carbocycles. The standard InChI is InChI=1S/C14H12O3S/c15-14(16)7-6-11-8-13(18-10-11)9-17-12-4-2-1-3-5-12/h1-8,10H,9H2,(H,15,16). The fourth-order valence-electron chi connectivity index (χ4n) is 1.40. The van der Waals surface area contributed by atoms with Crippen molar-refractivity contribution in [3.05, 3.63) is 58.3 Å². The lowest BCUT2D eigenvalue weighted by Gasteiger charge is -2.02. The minimum atomic E-state index is -0.941. The zero-order chi connectivity index (χ0) is 12.8. The summed E-state index contributed by atoms with van der Waals surface area (Å²) in [5.74, 6) is -0.114. The highest BCUT2D eigenvalue weighted by Crippen LogP contribution is 2.18. The Bertz CT molecular complexity index is 543. The van der Waals surface area contributed by atoms with Gasteiger partial charge in [-0.3, -0.25) is 0 Å². The molecule has 4 heteroatoms. The maximum Gasteiger partial charge on any atom is 0.328 e. The number of thiophene rings is 1. The molecule has 0 aliphatic rings. The van der Waals surface area contributed by atoms with Crippen LogP contribution in [0.1, 0.15) is 10.4 Å². The van der Waals surface area contributed by atoms with Gasteiger partial charge in [0.05, 0.1) is 0 Å². The van der Waals surface area contributed by atoms with Gasteiger partial charge in [-0.25, -0.2) is 4.79 Å². The molecule has 0 atom stereocenters. The van der Waals surface area contributed by atoms with Crippen LogP contribution in [0.2, 0.25) is 0 Å². The zero-order valence-corrected chi connectivity index (χ0v) is 10.4. The van der Waals surface area contributed by atoms with Crippen LogP contribution in [-0.2, 0) is 11.4 Å². The molecule has 1 aromatic carbocycles. The molecule has 0 amide bonds. The highest BCUT2D eigenvalue weighted by molar-refractivity contribution is 7.10. The zero-order valence-electron chi connectivity index (χ0n) is 9.58. The predicted octanol–water partition coefficient (Wildman–Crippen LogP) is 3.42. The molecule has 0 unspecified atom stereocenters. The van der Waals surface area contributed by atoms with E-state index in [1.54, 1.807) is 17.4 Å². The van der Waals surface area contributed by atoms with E-state index in [0.717, 1.165) is 22.3 Å². The summed E-state index contributed by atoms with van der Waals surface area (Å²) in [6.07, 6.45) is 2.70. The number of para-hydroxylation sites is 1. The number of aliphatic carboxylic acids is 1. The maximum atomic E-state index is 10.4. The van der Waals surface area contributed by atoms with Crippen LogP contribution >= 0.6 is 11.3 Å². The minimum Gasteiger partial charge on any atom is -0.488 e. The van der Waals surface area contributed by atoms with E-state index in [2.05, 4.69) is 0 Å². The summed E-state index contributed by atoms with van der Waals surface area (Å²) in [4.78, 5) is 11.4. The first-order valence-corrected chi connectivity index (χ1v) is 6.28. The van der Waals surface area contributed by atoms with Crippen LogP contribution in [0, 0.1) is 0 Å². The Hall–Kier alpha value is -2.07. The first-order chi connectivity index (χ1) is 8.74. The second-order valence-electron chi connectivity index (χ2n) is 3.62. The molecule has 2 rings (SSSR count). The second-order valence-corrected chi connectivity index (χ2v) is 4.62. The van der Waals surface area contributed by atoms with E-state index in [1.807, 2.05) is 41.8 Å². The van der Waals surface area contributed by atoms with Crippen LogP contribution in [0.4, 0.5) is 0 Å². The molecule has 3 nitrogen and oxygen atoms in total. The lowest BCUT2D eigenvalue weighted by atomic mass is 10.3. The number of benzene rings is 1. The first-order valence-electron chi connectivity index (χ1n) is 5.40. The maximum absolute atomic E-state index is 10.4. The molecule has 1 N–H and O–H groups in total. The number of carboxylic acids is 1. The van der Waals surface area contributed by atoms with Gasteiger partial charge in [-0.2, -0.15) is 0 Å². The van der Waals surface area contributed by atoms with Gasteiger partial charge in [-0.05, 0) is 35.2 Å². The van der Waals surface area contributed by atoms with Gasteiger partial charge in [0.15, 0.2) is 0 Å². The average Bonchev–Trinajstić information content (AvgIpc) is 2.83. The Morgan fingerprint density at radius 3 is 2.83 bits per heavy atom. The van der Waals surface area contributed by atoms with Gasteiger partial charge in [0.2, 0.25) is 0 Å². The van der Waals surface area contributed by atoms with Gasteiger partial charge in [-0.1, -0.05) is 18.2 Å². The molecule has 0 spiro atoms. The van der Waals surface area contributed by atoms with E-state index in [-0.39, 0.29) is 0 Å². The molecular weight excluding hydrogens is 248 g/mol. The van der Waals surface area contributed by atoms with E-state index in [1.165, 1.54) is 0 Å². The molecular formula is C14H12O3S. The molecule has 2 aromatic rings. The normalized spacial score (nSPS) is 10.7. The Morgan fingerprint density at radius 1 is 1.33 bits per heavy atom. The van der Waals surface area contributed by atoms with Crippen molar-refractivity contribution in [3.8, 4) is 5.75 Å². The third kappa shape index (κ3) is 3.75. The molecule has 0 radical (unpaired) electrons. The SMILES string of the molecule is O=C(O)C=Cc1csc(COc2ccccc2)c1. The van der Waals surface area contributed by atoms with Crippen LogP contribution in [0.15, 0.2) is 47.9 Å². The fraction of sp³-hybridized carbons (Fsp3) is 0.0714. The van der Waals surface area contributed by atoms with E-state index in [9.17, 15) is 4.79 Å². The van der Waals surface area contributed by atoms with Crippen LogP contribution in [-0.4, -0.2) is 11.1 Å². The largest absolute Gasteiger partial charge is 0.488 e. The molecule has 0 aliphatic heterocycles. The Morgan fingerprint density at radius 2 is 2.11 bits per heavy atom. The highest BCUT2D eigenvalue weighted by atomic mass is 32.1. The molecule has 18 heavy (non-hydrogen) atoms. The summed E-state index contributed by atoms with van der Waals surface area (Å²) < 4.78 is 5.60. The Labute approximate surface area is 109 Å². The van der Waals surface area contributed by atoms with Crippen LogP contribution < -0.4 is 4.74 Å². The van der Waals surface area contributed by atoms with E-state index in [0.29, 0.717) is 6.61 Å². The van der Waals surface area contributed by atoms with Gasteiger partial charge < -0.3 is 9.84 Å². The molecule has 0 fully saturated rings. The summed E-state index contributed by atoms with van der Waals surface area (Å²) in [6, 6.07) is 11.5. The molecule has 0 aliphatic carbocycles. The molecule has 1 heterocycles. The van der Waals surface area contributed by atoms with Gasteiger partial charge >= 0.3 is 5.97 Å². The van der Waals surface area contributed by atoms with Crippen LogP contribution in [0.5, 0.6) is 5.75 Å².